The van der Waals surface area contributed by atoms with Crippen LogP contribution in [0.25, 0.3) is 0 Å². The van der Waals surface area contributed by atoms with Gasteiger partial charge in [0.1, 0.15) is 5.82 Å². The summed E-state index contributed by atoms with van der Waals surface area (Å²) in [6.45, 7) is 4.44. The van der Waals surface area contributed by atoms with Gasteiger partial charge in [0.15, 0.2) is 0 Å². The molecule has 0 saturated carbocycles. The maximum Gasteiger partial charge on any atom is 0.123 e. The van der Waals surface area contributed by atoms with Gasteiger partial charge in [-0.1, -0.05) is 18.6 Å². The lowest BCUT2D eigenvalue weighted by Gasteiger charge is -2.35. The van der Waals surface area contributed by atoms with E-state index >= 15 is 0 Å². The Morgan fingerprint density at radius 3 is 2.29 bits per heavy atom. The molecule has 3 heteroatoms. The first-order chi connectivity index (χ1) is 8.18. The molecule has 0 radical (unpaired) electrons. The van der Waals surface area contributed by atoms with Gasteiger partial charge in [-0.05, 0) is 50.6 Å². The Bertz CT molecular complexity index is 344. The Hall–Kier alpha value is -0.930. The molecular weight excluding hydrogens is 215 g/mol. The van der Waals surface area contributed by atoms with E-state index in [2.05, 4.69) is 11.8 Å². The van der Waals surface area contributed by atoms with Crippen molar-refractivity contribution in [2.75, 3.05) is 13.1 Å². The van der Waals surface area contributed by atoms with Crippen molar-refractivity contribution in [3.05, 3.63) is 35.6 Å². The number of benzene rings is 1. The third kappa shape index (κ3) is 3.05. The van der Waals surface area contributed by atoms with Crippen molar-refractivity contribution in [3.63, 3.8) is 0 Å². The number of piperidine rings is 1. The summed E-state index contributed by atoms with van der Waals surface area (Å²) in [5.41, 5.74) is 7.27. The molecule has 17 heavy (non-hydrogen) atoms. The molecule has 1 heterocycles. The van der Waals surface area contributed by atoms with Gasteiger partial charge in [0, 0.05) is 12.1 Å². The summed E-state index contributed by atoms with van der Waals surface area (Å²) in [6, 6.07) is 6.84. The Kier molecular flexibility index (Phi) is 4.13. The van der Waals surface area contributed by atoms with Crippen molar-refractivity contribution in [2.24, 2.45) is 5.73 Å². The van der Waals surface area contributed by atoms with Crippen molar-refractivity contribution in [1.82, 2.24) is 4.90 Å². The van der Waals surface area contributed by atoms with E-state index in [1.165, 1.54) is 31.4 Å². The molecular formula is C14H21FN2. The Balaban J connectivity index is 2.02. The van der Waals surface area contributed by atoms with Crippen molar-refractivity contribution in [3.8, 4) is 0 Å². The van der Waals surface area contributed by atoms with E-state index in [0.717, 1.165) is 18.7 Å². The highest BCUT2D eigenvalue weighted by molar-refractivity contribution is 5.20. The standard InChI is InChI=1S/C14H21FN2/c1-11(17-9-3-2-4-10-17)14(16)12-5-7-13(15)8-6-12/h5-8,11,14H,2-4,9-10,16H2,1H3. The quantitative estimate of drug-likeness (QED) is 0.874. The largest absolute Gasteiger partial charge is 0.323 e. The molecule has 1 aliphatic rings. The van der Waals surface area contributed by atoms with Crippen molar-refractivity contribution in [2.45, 2.75) is 38.3 Å². The first-order valence-electron chi connectivity index (χ1n) is 6.43. The summed E-state index contributed by atoms with van der Waals surface area (Å²) < 4.78 is 12.9. The fourth-order valence-corrected chi connectivity index (χ4v) is 2.52. The van der Waals surface area contributed by atoms with Gasteiger partial charge in [-0.2, -0.15) is 0 Å². The van der Waals surface area contributed by atoms with Crippen molar-refractivity contribution >= 4 is 0 Å². The lowest BCUT2D eigenvalue weighted by Crippen LogP contribution is -2.43. The van der Waals surface area contributed by atoms with E-state index in [1.807, 2.05) is 0 Å². The van der Waals surface area contributed by atoms with Crippen LogP contribution in [0.5, 0.6) is 0 Å². The van der Waals surface area contributed by atoms with Crippen molar-refractivity contribution in [1.29, 1.82) is 0 Å². The number of hydrogen-bond donors (Lipinski definition) is 1. The average Bonchev–Trinajstić information content (AvgIpc) is 2.39. The minimum atomic E-state index is -0.202. The van der Waals surface area contributed by atoms with E-state index in [-0.39, 0.29) is 11.9 Å². The maximum absolute atomic E-state index is 12.9. The van der Waals surface area contributed by atoms with Gasteiger partial charge in [0.2, 0.25) is 0 Å². The SMILES string of the molecule is CC(C(N)c1ccc(F)cc1)N1CCCCC1. The fourth-order valence-electron chi connectivity index (χ4n) is 2.52. The summed E-state index contributed by atoms with van der Waals surface area (Å²) in [5, 5.41) is 0. The van der Waals surface area contributed by atoms with Crippen LogP contribution in [0.3, 0.4) is 0 Å². The van der Waals surface area contributed by atoms with Crippen LogP contribution < -0.4 is 5.73 Å². The number of rotatable bonds is 3. The summed E-state index contributed by atoms with van der Waals surface area (Å²) in [7, 11) is 0. The van der Waals surface area contributed by atoms with E-state index in [9.17, 15) is 4.39 Å². The van der Waals surface area contributed by atoms with Gasteiger partial charge in [-0.25, -0.2) is 4.39 Å². The fraction of sp³-hybridized carbons (Fsp3) is 0.571. The number of likely N-dealkylation sites (tertiary alicyclic amines) is 1. The zero-order valence-corrected chi connectivity index (χ0v) is 10.4. The molecule has 1 fully saturated rings. The smallest absolute Gasteiger partial charge is 0.123 e. The van der Waals surface area contributed by atoms with Gasteiger partial charge in [-0.3, -0.25) is 4.90 Å². The van der Waals surface area contributed by atoms with Crippen LogP contribution in [0, 0.1) is 5.82 Å². The van der Waals surface area contributed by atoms with Gasteiger partial charge in [-0.15, -0.1) is 0 Å². The van der Waals surface area contributed by atoms with Crippen LogP contribution in [0.1, 0.15) is 37.8 Å². The molecule has 2 N–H and O–H groups in total. The van der Waals surface area contributed by atoms with E-state index in [1.54, 1.807) is 12.1 Å². The third-order valence-electron chi connectivity index (χ3n) is 3.74. The molecule has 0 bridgehead atoms. The minimum Gasteiger partial charge on any atom is -0.323 e. The molecule has 0 aliphatic carbocycles. The molecule has 2 nitrogen and oxygen atoms in total. The highest BCUT2D eigenvalue weighted by Crippen LogP contribution is 2.22. The minimum absolute atomic E-state index is 0.0336. The second-order valence-corrected chi connectivity index (χ2v) is 4.91. The molecule has 0 amide bonds. The van der Waals surface area contributed by atoms with Crippen LogP contribution in [0.15, 0.2) is 24.3 Å². The normalized spacial score (nSPS) is 21.1. The molecule has 2 unspecified atom stereocenters. The molecule has 94 valence electrons. The molecule has 1 aromatic carbocycles. The maximum atomic E-state index is 12.9. The molecule has 0 spiro atoms. The second-order valence-electron chi connectivity index (χ2n) is 4.91. The Morgan fingerprint density at radius 2 is 1.71 bits per heavy atom. The molecule has 1 aromatic rings. The van der Waals surface area contributed by atoms with Gasteiger partial charge in [0.05, 0.1) is 0 Å². The Morgan fingerprint density at radius 1 is 1.12 bits per heavy atom. The number of nitrogens with two attached hydrogens (primary N) is 1. The van der Waals surface area contributed by atoms with Crippen LogP contribution >= 0.6 is 0 Å². The van der Waals surface area contributed by atoms with Crippen LogP contribution in [-0.4, -0.2) is 24.0 Å². The van der Waals surface area contributed by atoms with Gasteiger partial charge < -0.3 is 5.73 Å². The molecule has 2 rings (SSSR count). The number of halogens is 1. The average molecular weight is 236 g/mol. The first-order valence-corrected chi connectivity index (χ1v) is 6.43. The summed E-state index contributed by atoms with van der Waals surface area (Å²) in [5.74, 6) is -0.202. The molecule has 2 atom stereocenters. The first kappa shape index (κ1) is 12.5. The van der Waals surface area contributed by atoms with Crippen LogP contribution in [0.4, 0.5) is 4.39 Å². The lowest BCUT2D eigenvalue weighted by molar-refractivity contribution is 0.154. The second kappa shape index (κ2) is 5.61. The predicted octanol–water partition coefficient (Wildman–Crippen LogP) is 2.70. The number of hydrogen-bond acceptors (Lipinski definition) is 2. The predicted molar refractivity (Wildman–Crippen MR) is 68.2 cm³/mol. The van der Waals surface area contributed by atoms with Gasteiger partial charge >= 0.3 is 0 Å². The van der Waals surface area contributed by atoms with E-state index in [0.29, 0.717) is 6.04 Å². The third-order valence-corrected chi connectivity index (χ3v) is 3.74. The van der Waals surface area contributed by atoms with Gasteiger partial charge in [0.25, 0.3) is 0 Å². The highest BCUT2D eigenvalue weighted by atomic mass is 19.1. The zero-order chi connectivity index (χ0) is 12.3. The van der Waals surface area contributed by atoms with Crippen molar-refractivity contribution < 1.29 is 4.39 Å². The van der Waals surface area contributed by atoms with E-state index < -0.39 is 0 Å². The highest BCUT2D eigenvalue weighted by Gasteiger charge is 2.23. The molecule has 1 aliphatic heterocycles. The van der Waals surface area contributed by atoms with Crippen LogP contribution in [0.2, 0.25) is 0 Å². The Labute approximate surface area is 103 Å². The lowest BCUT2D eigenvalue weighted by atomic mass is 9.98. The topological polar surface area (TPSA) is 29.3 Å². The summed E-state index contributed by atoms with van der Waals surface area (Å²) in [4.78, 5) is 2.44. The molecule has 1 saturated heterocycles. The summed E-state index contributed by atoms with van der Waals surface area (Å²) >= 11 is 0. The number of nitrogens with zero attached hydrogens (tertiary/aromatic N) is 1. The molecule has 0 aromatic heterocycles. The van der Waals surface area contributed by atoms with Crippen LogP contribution in [-0.2, 0) is 0 Å². The van der Waals surface area contributed by atoms with E-state index in [4.69, 9.17) is 5.73 Å². The summed E-state index contributed by atoms with van der Waals surface area (Å²) in [6.07, 6.45) is 3.86. The zero-order valence-electron chi connectivity index (χ0n) is 10.4. The monoisotopic (exact) mass is 236 g/mol.